The lowest BCUT2D eigenvalue weighted by Gasteiger charge is -2.31. The van der Waals surface area contributed by atoms with Crippen molar-refractivity contribution in [3.8, 4) is 0 Å². The molecule has 29 heavy (non-hydrogen) atoms. The molecule has 0 aromatic carbocycles. The van der Waals surface area contributed by atoms with Crippen LogP contribution in [0.25, 0.3) is 0 Å². The fourth-order valence-electron chi connectivity index (χ4n) is 1.82. The molecule has 5 nitrogen and oxygen atoms in total. The lowest BCUT2D eigenvalue weighted by molar-refractivity contribution is -0.428. The summed E-state index contributed by atoms with van der Waals surface area (Å²) in [5.74, 6) is -14.6. The van der Waals surface area contributed by atoms with Gasteiger partial charge in [0.25, 0.3) is 0 Å². The minimum Gasteiger partial charge on any atom is -0.330 e. The first kappa shape index (κ1) is 30.4. The molecule has 3 N–H and O–H groups in total. The van der Waals surface area contributed by atoms with E-state index in [1.165, 1.54) is 51.4 Å². The molecular formula is C14H24F9NO4S. The van der Waals surface area contributed by atoms with Crippen LogP contribution < -0.4 is 5.73 Å². The van der Waals surface area contributed by atoms with Gasteiger partial charge >= 0.3 is 34.5 Å². The Labute approximate surface area is 162 Å². The molecule has 0 amide bonds. The van der Waals surface area contributed by atoms with Gasteiger partial charge in [0.2, 0.25) is 0 Å². The van der Waals surface area contributed by atoms with E-state index >= 15 is 0 Å². The predicted molar refractivity (Wildman–Crippen MR) is 85.2 cm³/mol. The van der Waals surface area contributed by atoms with Crippen LogP contribution in [0.3, 0.4) is 0 Å². The van der Waals surface area contributed by atoms with Crippen molar-refractivity contribution in [2.24, 2.45) is 5.73 Å². The van der Waals surface area contributed by atoms with Gasteiger partial charge in [0.05, 0.1) is 0 Å². The zero-order valence-electron chi connectivity index (χ0n) is 15.4. The molecule has 0 radical (unpaired) electrons. The Balaban J connectivity index is 0. The third-order valence-electron chi connectivity index (χ3n) is 3.38. The molecule has 0 aliphatic heterocycles. The largest absolute Gasteiger partial charge is 0.460 e. The number of hydrogen-bond acceptors (Lipinski definition) is 4. The molecule has 0 aromatic heterocycles. The number of halogens is 9. The van der Waals surface area contributed by atoms with Gasteiger partial charge in [-0.2, -0.15) is 52.1 Å². The van der Waals surface area contributed by atoms with Crippen molar-refractivity contribution in [1.29, 1.82) is 0 Å². The summed E-state index contributed by atoms with van der Waals surface area (Å²) < 4.78 is 136. The minimum absolute atomic E-state index is 0.870. The van der Waals surface area contributed by atoms with Crippen LogP contribution in [-0.4, -0.2) is 43.6 Å². The molecule has 0 saturated carbocycles. The minimum atomic E-state index is -7.30. The molecule has 0 aliphatic rings. The van der Waals surface area contributed by atoms with Crippen molar-refractivity contribution in [1.82, 2.24) is 0 Å². The Morgan fingerprint density at radius 3 is 1.45 bits per heavy atom. The van der Waals surface area contributed by atoms with Crippen molar-refractivity contribution in [2.45, 2.75) is 82.4 Å². The summed E-state index contributed by atoms with van der Waals surface area (Å²) in [5, 5.41) is 0. The van der Waals surface area contributed by atoms with Gasteiger partial charge < -0.3 is 5.73 Å². The molecule has 0 saturated heterocycles. The number of nitrogens with two attached hydrogens (primary N) is 1. The first-order valence-electron chi connectivity index (χ1n) is 8.45. The highest BCUT2D eigenvalue weighted by Crippen LogP contribution is 2.53. The number of rotatable bonds is 12. The van der Waals surface area contributed by atoms with Crippen molar-refractivity contribution < 1.29 is 56.7 Å². The van der Waals surface area contributed by atoms with Crippen molar-refractivity contribution in [3.63, 3.8) is 0 Å². The topological polar surface area (TPSA) is 89.6 Å². The Morgan fingerprint density at radius 1 is 0.759 bits per heavy atom. The second-order valence-corrected chi connectivity index (χ2v) is 6.96. The summed E-state index contributed by atoms with van der Waals surface area (Å²) in [6, 6.07) is 0. The average Bonchev–Trinajstić information content (AvgIpc) is 2.51. The molecule has 0 atom stereocenters. The second kappa shape index (κ2) is 12.2. The summed E-state index contributed by atoms with van der Waals surface area (Å²) in [7, 11) is -6.40. The second-order valence-electron chi connectivity index (χ2n) is 5.94. The van der Waals surface area contributed by atoms with Gasteiger partial charge in [-0.15, -0.1) is 0 Å². The summed E-state index contributed by atoms with van der Waals surface area (Å²) in [6.45, 7) is 3.13. The molecule has 0 aromatic rings. The zero-order valence-corrected chi connectivity index (χ0v) is 16.2. The number of alkyl halides is 9. The molecule has 0 fully saturated rings. The molecule has 15 heteroatoms. The summed E-state index contributed by atoms with van der Waals surface area (Å²) in [5.41, 5.74) is 5.39. The zero-order chi connectivity index (χ0) is 23.6. The molecule has 178 valence electrons. The van der Waals surface area contributed by atoms with Crippen LogP contribution in [-0.2, 0) is 14.6 Å². The molecule has 0 aliphatic carbocycles. The first-order chi connectivity index (χ1) is 12.9. The Bertz CT molecular complexity index is 546. The molecule has 0 spiro atoms. The van der Waals surface area contributed by atoms with Crippen molar-refractivity contribution in [2.75, 3.05) is 6.54 Å². The van der Waals surface area contributed by atoms with E-state index in [2.05, 4.69) is 6.92 Å². The van der Waals surface area contributed by atoms with E-state index in [1.54, 1.807) is 0 Å². The normalized spacial score (nSPS) is 13.8. The fraction of sp³-hybridized carbons (Fsp3) is 1.00. The maximum absolute atomic E-state index is 12.3. The molecule has 0 rings (SSSR count). The Hall–Kier alpha value is -0.800. The maximum atomic E-state index is 12.3. The lowest BCUT2D eigenvalue weighted by atomic mass is 10.1. The highest BCUT2D eigenvalue weighted by Gasteiger charge is 2.83. The van der Waals surface area contributed by atoms with Gasteiger partial charge in [-0.1, -0.05) is 51.9 Å². The molecule has 0 bridgehead atoms. The summed E-state index contributed by atoms with van der Waals surface area (Å²) in [6.07, 6.45) is -2.95. The molecular weight excluding hydrogens is 449 g/mol. The van der Waals surface area contributed by atoms with Crippen LogP contribution in [0, 0.1) is 0 Å². The van der Waals surface area contributed by atoms with E-state index in [9.17, 15) is 47.9 Å². The smallest absolute Gasteiger partial charge is 0.330 e. The van der Waals surface area contributed by atoms with Crippen molar-refractivity contribution in [3.05, 3.63) is 0 Å². The lowest BCUT2D eigenvalue weighted by Crippen LogP contribution is -2.62. The van der Waals surface area contributed by atoms with Gasteiger partial charge in [0.15, 0.2) is 0 Å². The van der Waals surface area contributed by atoms with E-state index in [0.717, 1.165) is 6.54 Å². The van der Waals surface area contributed by atoms with E-state index in [1.807, 2.05) is 4.18 Å². The average molecular weight is 473 g/mol. The van der Waals surface area contributed by atoms with Gasteiger partial charge in [-0.3, -0.25) is 4.55 Å². The summed E-state index contributed by atoms with van der Waals surface area (Å²) in [4.78, 5) is 0. The number of unbranched alkanes of at least 4 members (excludes halogenated alkanes) is 7. The van der Waals surface area contributed by atoms with Gasteiger partial charge in [0, 0.05) is 0 Å². The fourth-order valence-corrected chi connectivity index (χ4v) is 2.19. The van der Waals surface area contributed by atoms with E-state index in [0.29, 0.717) is 0 Å². The van der Waals surface area contributed by atoms with Gasteiger partial charge in [0.1, 0.15) is 0 Å². The third kappa shape index (κ3) is 10.7. The SMILES string of the molecule is CCCCCCCCCCN.O=S(=O)(O)OC(F)(F)C(F)(F)C(F)(F)C(F)(F)F. The predicted octanol–water partition coefficient (Wildman–Crippen LogP) is 5.32. The van der Waals surface area contributed by atoms with Crippen LogP contribution in [0.1, 0.15) is 58.3 Å². The number of hydrogen-bond donors (Lipinski definition) is 2. The monoisotopic (exact) mass is 473 g/mol. The van der Waals surface area contributed by atoms with Crippen LogP contribution in [0.2, 0.25) is 0 Å². The maximum Gasteiger partial charge on any atom is 0.460 e. The highest BCUT2D eigenvalue weighted by atomic mass is 32.3. The quantitative estimate of drug-likeness (QED) is 0.228. The third-order valence-corrected chi connectivity index (χ3v) is 3.80. The van der Waals surface area contributed by atoms with Crippen LogP contribution >= 0.6 is 0 Å². The Kier molecular flexibility index (Phi) is 12.7. The highest BCUT2D eigenvalue weighted by molar-refractivity contribution is 7.80. The molecule has 0 heterocycles. The standard InChI is InChI=1S/C10H23N.C4HF9O4S/c1-2-3-4-5-6-7-8-9-10-11;5-1(6,3(9,10)11)2(7,8)4(12,13)17-18(14,15)16/h2-11H2,1H3;(H,14,15,16). The van der Waals surface area contributed by atoms with Crippen LogP contribution in [0.5, 0.6) is 0 Å². The van der Waals surface area contributed by atoms with Crippen molar-refractivity contribution >= 4 is 10.4 Å². The van der Waals surface area contributed by atoms with Gasteiger partial charge in [-0.05, 0) is 13.0 Å². The summed E-state index contributed by atoms with van der Waals surface area (Å²) >= 11 is 0. The Morgan fingerprint density at radius 2 is 1.14 bits per heavy atom. The van der Waals surface area contributed by atoms with Crippen LogP contribution in [0.4, 0.5) is 39.5 Å². The first-order valence-corrected chi connectivity index (χ1v) is 9.82. The van der Waals surface area contributed by atoms with Gasteiger partial charge in [-0.25, -0.2) is 0 Å². The molecule has 0 unspecified atom stereocenters. The van der Waals surface area contributed by atoms with E-state index in [4.69, 9.17) is 10.3 Å². The van der Waals surface area contributed by atoms with E-state index < -0.39 is 34.5 Å². The van der Waals surface area contributed by atoms with Crippen LogP contribution in [0.15, 0.2) is 0 Å². The van der Waals surface area contributed by atoms with E-state index in [-0.39, 0.29) is 0 Å².